The lowest BCUT2D eigenvalue weighted by Crippen LogP contribution is -2.28. The molecule has 0 saturated heterocycles. The van der Waals surface area contributed by atoms with Gasteiger partial charge in [-0.25, -0.2) is 0 Å². The molecule has 1 aromatic heterocycles. The Labute approximate surface area is 165 Å². The summed E-state index contributed by atoms with van der Waals surface area (Å²) in [4.78, 5) is 0. The summed E-state index contributed by atoms with van der Waals surface area (Å²) in [6, 6.07) is 29.2. The van der Waals surface area contributed by atoms with Gasteiger partial charge in [0.05, 0.1) is 5.69 Å². The monoisotopic (exact) mass is 387 g/mol. The first-order valence-electron chi connectivity index (χ1n) is 9.26. The van der Waals surface area contributed by atoms with Gasteiger partial charge in [-0.05, 0) is 24.5 Å². The largest absolute Gasteiger partial charge is 0.429 e. The smallest absolute Gasteiger partial charge is 0.173 e. The topological polar surface area (TPSA) is 42.2 Å². The summed E-state index contributed by atoms with van der Waals surface area (Å²) in [6.45, 7) is 1.82. The number of nitrogens with zero attached hydrogens (tertiary/aromatic N) is 1. The third-order valence-corrected chi connectivity index (χ3v) is 8.35. The van der Waals surface area contributed by atoms with E-state index in [0.29, 0.717) is 12.1 Å². The van der Waals surface area contributed by atoms with Crippen LogP contribution in [-0.4, -0.2) is 9.94 Å². The predicted molar refractivity (Wildman–Crippen MR) is 115 cm³/mol. The van der Waals surface area contributed by atoms with Crippen molar-refractivity contribution in [2.45, 2.75) is 13.3 Å². The Kier molecular flexibility index (Phi) is 4.93. The van der Waals surface area contributed by atoms with Crippen molar-refractivity contribution in [1.29, 1.82) is 0 Å². The number of benzene rings is 3. The van der Waals surface area contributed by atoms with Gasteiger partial charge in [-0.2, -0.15) is 4.73 Å². The first kappa shape index (κ1) is 18.3. The van der Waals surface area contributed by atoms with Crippen LogP contribution in [0.4, 0.5) is 0 Å². The van der Waals surface area contributed by atoms with Crippen molar-refractivity contribution < 1.29 is 9.77 Å². The molecular weight excluding hydrogens is 365 g/mol. The van der Waals surface area contributed by atoms with Crippen LogP contribution >= 0.6 is 7.14 Å². The van der Waals surface area contributed by atoms with Gasteiger partial charge < -0.3 is 9.77 Å². The molecule has 0 radical (unpaired) electrons. The van der Waals surface area contributed by atoms with Gasteiger partial charge in [-0.15, -0.1) is 0 Å². The van der Waals surface area contributed by atoms with Crippen molar-refractivity contribution in [3.8, 4) is 0 Å². The second kappa shape index (κ2) is 7.53. The molecule has 1 heterocycles. The minimum absolute atomic E-state index is 0.605. The molecule has 0 saturated carbocycles. The third-order valence-electron chi connectivity index (χ3n) is 5.06. The van der Waals surface area contributed by atoms with E-state index in [1.807, 2.05) is 97.9 Å². The van der Waals surface area contributed by atoms with Gasteiger partial charge in [0, 0.05) is 22.1 Å². The minimum atomic E-state index is -3.15. The first-order chi connectivity index (χ1) is 13.6. The average Bonchev–Trinajstić information content (AvgIpc) is 3.03. The molecule has 0 aliphatic rings. The standard InChI is InChI=1S/C24H22NO2P/c1-19-24(21(18-25(19)26)17-20-11-5-2-6-12-20)28(27,22-13-7-3-8-14-22)23-15-9-4-10-16-23/h2-16,18,26H,17H2,1H3. The second-order valence-corrected chi connectivity index (χ2v) is 9.57. The maximum atomic E-state index is 14.7. The number of rotatable bonds is 5. The molecule has 140 valence electrons. The van der Waals surface area contributed by atoms with E-state index < -0.39 is 7.14 Å². The molecule has 0 fully saturated rings. The van der Waals surface area contributed by atoms with Gasteiger partial charge in [0.25, 0.3) is 0 Å². The molecule has 0 atom stereocenters. The maximum absolute atomic E-state index is 14.7. The molecule has 0 spiro atoms. The summed E-state index contributed by atoms with van der Waals surface area (Å²) in [5.74, 6) is 0. The fourth-order valence-corrected chi connectivity index (χ4v) is 6.80. The van der Waals surface area contributed by atoms with Crippen LogP contribution in [-0.2, 0) is 11.0 Å². The Bertz CT molecular complexity index is 1080. The molecule has 1 N–H and O–H groups in total. The maximum Gasteiger partial charge on any atom is 0.173 e. The van der Waals surface area contributed by atoms with Crippen LogP contribution in [0.2, 0.25) is 0 Å². The highest BCUT2D eigenvalue weighted by molar-refractivity contribution is 7.85. The van der Waals surface area contributed by atoms with E-state index in [1.54, 1.807) is 6.20 Å². The number of hydrogen-bond donors (Lipinski definition) is 1. The SMILES string of the molecule is Cc1c(P(=O)(c2ccccc2)c2ccccc2)c(Cc2ccccc2)cn1O. The second-order valence-electron chi connectivity index (χ2n) is 6.88. The Balaban J connectivity index is 1.97. The van der Waals surface area contributed by atoms with E-state index in [9.17, 15) is 9.77 Å². The highest BCUT2D eigenvalue weighted by atomic mass is 31.2. The Morgan fingerprint density at radius 1 is 0.786 bits per heavy atom. The van der Waals surface area contributed by atoms with E-state index in [4.69, 9.17) is 0 Å². The highest BCUT2D eigenvalue weighted by Crippen LogP contribution is 2.45. The van der Waals surface area contributed by atoms with Crippen molar-refractivity contribution in [3.63, 3.8) is 0 Å². The van der Waals surface area contributed by atoms with Crippen LogP contribution in [0.1, 0.15) is 16.8 Å². The fourth-order valence-electron chi connectivity index (χ4n) is 3.70. The zero-order valence-corrected chi connectivity index (χ0v) is 16.6. The molecule has 0 amide bonds. The normalized spacial score (nSPS) is 11.5. The summed E-state index contributed by atoms with van der Waals surface area (Å²) >= 11 is 0. The van der Waals surface area contributed by atoms with Crippen LogP contribution in [0, 0.1) is 6.92 Å². The van der Waals surface area contributed by atoms with Gasteiger partial charge in [0.1, 0.15) is 0 Å². The molecule has 4 aromatic rings. The minimum Gasteiger partial charge on any atom is -0.429 e. The van der Waals surface area contributed by atoms with Crippen molar-refractivity contribution >= 4 is 23.1 Å². The lowest BCUT2D eigenvalue weighted by atomic mass is 10.1. The van der Waals surface area contributed by atoms with Gasteiger partial charge in [-0.1, -0.05) is 91.0 Å². The van der Waals surface area contributed by atoms with E-state index >= 15 is 0 Å². The first-order valence-corrected chi connectivity index (χ1v) is 11.0. The number of hydrogen-bond acceptors (Lipinski definition) is 2. The quantitative estimate of drug-likeness (QED) is 0.411. The zero-order valence-electron chi connectivity index (χ0n) is 15.7. The molecular formula is C24H22NO2P. The molecule has 0 aliphatic carbocycles. The summed E-state index contributed by atoms with van der Waals surface area (Å²) in [5.41, 5.74) is 2.60. The van der Waals surface area contributed by atoms with E-state index in [1.165, 1.54) is 0 Å². The number of aromatic nitrogens is 1. The molecule has 0 bridgehead atoms. The summed E-state index contributed by atoms with van der Waals surface area (Å²) in [7, 11) is -3.15. The Morgan fingerprint density at radius 2 is 1.25 bits per heavy atom. The van der Waals surface area contributed by atoms with Gasteiger partial charge >= 0.3 is 0 Å². The molecule has 3 aromatic carbocycles. The molecule has 4 heteroatoms. The fraction of sp³-hybridized carbons (Fsp3) is 0.0833. The summed E-state index contributed by atoms with van der Waals surface area (Å²) in [6.07, 6.45) is 2.30. The zero-order chi connectivity index (χ0) is 19.6. The van der Waals surface area contributed by atoms with Crippen LogP contribution in [0.3, 0.4) is 0 Å². The van der Waals surface area contributed by atoms with Crippen molar-refractivity contribution in [2.24, 2.45) is 0 Å². The lowest BCUT2D eigenvalue weighted by Gasteiger charge is -2.21. The van der Waals surface area contributed by atoms with Crippen LogP contribution in [0.15, 0.2) is 97.2 Å². The van der Waals surface area contributed by atoms with Crippen LogP contribution in [0.5, 0.6) is 0 Å². The highest BCUT2D eigenvalue weighted by Gasteiger charge is 2.35. The van der Waals surface area contributed by atoms with Gasteiger partial charge in [0.15, 0.2) is 7.14 Å². The average molecular weight is 387 g/mol. The Hall–Kier alpha value is -3.03. The molecule has 28 heavy (non-hydrogen) atoms. The molecule has 3 nitrogen and oxygen atoms in total. The third kappa shape index (κ3) is 3.19. The van der Waals surface area contributed by atoms with Crippen LogP contribution in [0.25, 0.3) is 0 Å². The van der Waals surface area contributed by atoms with E-state index in [2.05, 4.69) is 0 Å². The molecule has 4 rings (SSSR count). The van der Waals surface area contributed by atoms with Crippen molar-refractivity contribution in [1.82, 2.24) is 4.73 Å². The lowest BCUT2D eigenvalue weighted by molar-refractivity contribution is 0.181. The van der Waals surface area contributed by atoms with Gasteiger partial charge in [0.2, 0.25) is 0 Å². The van der Waals surface area contributed by atoms with E-state index in [0.717, 1.165) is 31.8 Å². The molecule has 0 unspecified atom stereocenters. The predicted octanol–water partition coefficient (Wildman–Crippen LogP) is 4.26. The van der Waals surface area contributed by atoms with Crippen molar-refractivity contribution in [2.75, 3.05) is 0 Å². The van der Waals surface area contributed by atoms with Crippen LogP contribution < -0.4 is 15.9 Å². The van der Waals surface area contributed by atoms with Gasteiger partial charge in [-0.3, -0.25) is 0 Å². The summed E-state index contributed by atoms with van der Waals surface area (Å²) in [5, 5.41) is 12.7. The Morgan fingerprint density at radius 3 is 1.75 bits per heavy atom. The molecule has 0 aliphatic heterocycles. The van der Waals surface area contributed by atoms with E-state index in [-0.39, 0.29) is 0 Å². The summed E-state index contributed by atoms with van der Waals surface area (Å²) < 4.78 is 15.8. The van der Waals surface area contributed by atoms with Crippen molar-refractivity contribution in [3.05, 3.63) is 114 Å².